The highest BCUT2D eigenvalue weighted by Gasteiger charge is 2.27. The second-order valence-corrected chi connectivity index (χ2v) is 6.53. The molecule has 0 bridgehead atoms. The van der Waals surface area contributed by atoms with Crippen molar-refractivity contribution in [2.24, 2.45) is 0 Å². The van der Waals surface area contributed by atoms with Crippen molar-refractivity contribution < 1.29 is 41.6 Å². The Morgan fingerprint density at radius 1 is 1.12 bits per heavy atom. The zero-order valence-corrected chi connectivity index (χ0v) is 15.7. The molecule has 0 atom stereocenters. The number of aliphatic carboxylic acids is 1. The number of phenolic OH excluding ortho intramolecular Hbond substituents is 1. The molecule has 0 aliphatic carbocycles. The van der Waals surface area contributed by atoms with Crippen molar-refractivity contribution >= 4 is 16.4 Å². The van der Waals surface area contributed by atoms with Gasteiger partial charge in [0.2, 0.25) is 11.5 Å². The Morgan fingerprint density at radius 2 is 1.69 bits per heavy atom. The fourth-order valence-electron chi connectivity index (χ4n) is 2.33. The van der Waals surface area contributed by atoms with Crippen LogP contribution < -0.4 is 13.7 Å². The lowest BCUT2D eigenvalue weighted by molar-refractivity contribution is -0.136. The summed E-state index contributed by atoms with van der Waals surface area (Å²) in [5, 5.41) is 19.0. The van der Waals surface area contributed by atoms with Crippen molar-refractivity contribution in [3.63, 3.8) is 0 Å². The molecule has 0 aromatic heterocycles. The Balaban J connectivity index is 3.46. The number of methoxy groups -OCH3 is 2. The molecule has 0 fully saturated rings. The van der Waals surface area contributed by atoms with E-state index in [1.165, 1.54) is 21.1 Å². The average Bonchev–Trinajstić information content (AvgIpc) is 2.54. The number of allylic oxidation sites excluding steroid dienone is 2. The molecule has 3 N–H and O–H groups in total. The Bertz CT molecular complexity index is 810. The third-order valence-electron chi connectivity index (χ3n) is 3.69. The number of phenols is 1. The first-order chi connectivity index (χ1) is 12.0. The highest BCUT2D eigenvalue weighted by Crippen LogP contribution is 2.49. The van der Waals surface area contributed by atoms with Crippen LogP contribution in [0.1, 0.15) is 30.9 Å². The van der Waals surface area contributed by atoms with E-state index in [2.05, 4.69) is 4.18 Å². The van der Waals surface area contributed by atoms with Crippen molar-refractivity contribution in [2.75, 3.05) is 14.2 Å². The molecule has 9 nitrogen and oxygen atoms in total. The van der Waals surface area contributed by atoms with Crippen LogP contribution in [0, 0.1) is 6.92 Å². The van der Waals surface area contributed by atoms with E-state index in [1.807, 2.05) is 0 Å². The Morgan fingerprint density at radius 3 is 2.15 bits per heavy atom. The van der Waals surface area contributed by atoms with Crippen molar-refractivity contribution in [3.05, 3.63) is 22.8 Å². The van der Waals surface area contributed by atoms with E-state index in [-0.39, 0.29) is 47.0 Å². The zero-order chi connectivity index (χ0) is 20.1. The van der Waals surface area contributed by atoms with Crippen LogP contribution >= 0.6 is 0 Å². The normalized spacial score (nSPS) is 12.0. The topological polar surface area (TPSA) is 140 Å². The molecule has 0 amide bonds. The molecule has 1 aromatic rings. The molecule has 1 rings (SSSR count). The minimum absolute atomic E-state index is 0.0487. The Hall–Kier alpha value is -2.46. The molecule has 0 radical (unpaired) electrons. The van der Waals surface area contributed by atoms with Gasteiger partial charge in [0.05, 0.1) is 14.2 Å². The van der Waals surface area contributed by atoms with Crippen molar-refractivity contribution in [3.8, 4) is 23.0 Å². The highest BCUT2D eigenvalue weighted by molar-refractivity contribution is 7.81. The van der Waals surface area contributed by atoms with Crippen LogP contribution in [0.25, 0.3) is 0 Å². The molecule has 0 spiro atoms. The van der Waals surface area contributed by atoms with Crippen LogP contribution in [0.15, 0.2) is 11.6 Å². The predicted molar refractivity (Wildman–Crippen MR) is 92.5 cm³/mol. The number of benzene rings is 1. The van der Waals surface area contributed by atoms with Crippen LogP contribution in [0.4, 0.5) is 0 Å². The smallest absolute Gasteiger partial charge is 0.446 e. The molecule has 0 aliphatic heterocycles. The maximum absolute atomic E-state index is 11.2. The monoisotopic (exact) mass is 390 g/mol. The number of carboxylic acid groups (broad SMARTS) is 1. The number of rotatable bonds is 9. The summed E-state index contributed by atoms with van der Waals surface area (Å²) < 4.78 is 46.3. The fourth-order valence-corrected chi connectivity index (χ4v) is 2.71. The lowest BCUT2D eigenvalue weighted by Crippen LogP contribution is -2.11. The summed E-state index contributed by atoms with van der Waals surface area (Å²) in [7, 11) is -2.39. The van der Waals surface area contributed by atoms with E-state index in [0.29, 0.717) is 6.42 Å². The Kier molecular flexibility index (Phi) is 7.28. The van der Waals surface area contributed by atoms with Gasteiger partial charge in [-0.05, 0) is 26.7 Å². The van der Waals surface area contributed by atoms with E-state index in [9.17, 15) is 18.3 Å². The van der Waals surface area contributed by atoms with Gasteiger partial charge in [-0.3, -0.25) is 9.35 Å². The largest absolute Gasteiger partial charge is 0.504 e. The van der Waals surface area contributed by atoms with Gasteiger partial charge in [0.1, 0.15) is 0 Å². The zero-order valence-electron chi connectivity index (χ0n) is 14.9. The fraction of sp³-hybridized carbons (Fsp3) is 0.438. The van der Waals surface area contributed by atoms with Gasteiger partial charge in [-0.25, -0.2) is 0 Å². The van der Waals surface area contributed by atoms with Crippen molar-refractivity contribution in [1.29, 1.82) is 0 Å². The van der Waals surface area contributed by atoms with Gasteiger partial charge >= 0.3 is 16.4 Å². The van der Waals surface area contributed by atoms with E-state index in [0.717, 1.165) is 5.57 Å². The molecule has 10 heteroatoms. The summed E-state index contributed by atoms with van der Waals surface area (Å²) >= 11 is 0. The predicted octanol–water partition coefficient (Wildman–Crippen LogP) is 2.25. The molecule has 0 saturated heterocycles. The SMILES string of the molecule is COc1c(O)c(C)c(CC=C(C)CCC(=O)O)c(OS(=O)(=O)O)c1OC. The quantitative estimate of drug-likeness (QED) is 0.428. The van der Waals surface area contributed by atoms with Crippen LogP contribution in [0.5, 0.6) is 23.0 Å². The summed E-state index contributed by atoms with van der Waals surface area (Å²) in [6.45, 7) is 3.24. The highest BCUT2D eigenvalue weighted by atomic mass is 32.3. The summed E-state index contributed by atoms with van der Waals surface area (Å²) in [5.74, 6) is -1.85. The maximum Gasteiger partial charge on any atom is 0.446 e. The van der Waals surface area contributed by atoms with E-state index < -0.39 is 16.4 Å². The molecular weight excluding hydrogens is 368 g/mol. The number of carboxylic acids is 1. The molecule has 1 aromatic carbocycles. The first-order valence-electron chi connectivity index (χ1n) is 7.52. The molecule has 0 saturated carbocycles. The second kappa shape index (κ2) is 8.77. The maximum atomic E-state index is 11.2. The van der Waals surface area contributed by atoms with Gasteiger partial charge < -0.3 is 23.9 Å². The molecule has 0 heterocycles. The molecule has 146 valence electrons. The summed E-state index contributed by atoms with van der Waals surface area (Å²) in [5.41, 5.74) is 1.26. The second-order valence-electron chi connectivity index (χ2n) is 5.51. The van der Waals surface area contributed by atoms with E-state index >= 15 is 0 Å². The van der Waals surface area contributed by atoms with Gasteiger partial charge in [0.25, 0.3) is 0 Å². The lowest BCUT2D eigenvalue weighted by Gasteiger charge is -2.19. The van der Waals surface area contributed by atoms with Gasteiger partial charge in [0, 0.05) is 17.5 Å². The van der Waals surface area contributed by atoms with E-state index in [4.69, 9.17) is 19.1 Å². The molecule has 0 aliphatic rings. The summed E-state index contributed by atoms with van der Waals surface area (Å²) in [4.78, 5) is 10.6. The molecule has 26 heavy (non-hydrogen) atoms. The van der Waals surface area contributed by atoms with Gasteiger partial charge in [0.15, 0.2) is 11.5 Å². The minimum atomic E-state index is -4.86. The van der Waals surface area contributed by atoms with Crippen molar-refractivity contribution in [1.82, 2.24) is 0 Å². The van der Waals surface area contributed by atoms with Gasteiger partial charge in [-0.2, -0.15) is 8.42 Å². The number of carbonyl (C=O) groups is 1. The van der Waals surface area contributed by atoms with Crippen LogP contribution in [-0.2, 0) is 21.6 Å². The third kappa shape index (κ3) is 5.53. The molecular formula is C16H22O9S. The van der Waals surface area contributed by atoms with Crippen molar-refractivity contribution in [2.45, 2.75) is 33.1 Å². The summed E-state index contributed by atoms with van der Waals surface area (Å²) in [6, 6.07) is 0. The molecule has 0 unspecified atom stereocenters. The first-order valence-corrected chi connectivity index (χ1v) is 8.89. The Labute approximate surface area is 151 Å². The van der Waals surface area contributed by atoms with Crippen LogP contribution in [0.3, 0.4) is 0 Å². The van der Waals surface area contributed by atoms with Crippen LogP contribution in [0.2, 0.25) is 0 Å². The van der Waals surface area contributed by atoms with Gasteiger partial charge in [-0.15, -0.1) is 0 Å². The van der Waals surface area contributed by atoms with Gasteiger partial charge in [-0.1, -0.05) is 11.6 Å². The number of hydrogen-bond acceptors (Lipinski definition) is 7. The third-order valence-corrected chi connectivity index (χ3v) is 4.07. The number of aromatic hydroxyl groups is 1. The van der Waals surface area contributed by atoms with Crippen LogP contribution in [-0.4, -0.2) is 43.4 Å². The number of hydrogen-bond donors (Lipinski definition) is 3. The summed E-state index contributed by atoms with van der Waals surface area (Å²) in [6.07, 6.45) is 2.04. The average molecular weight is 390 g/mol. The first kappa shape index (κ1) is 21.6. The minimum Gasteiger partial charge on any atom is -0.504 e. The lowest BCUT2D eigenvalue weighted by atomic mass is 9.99. The standard InChI is InChI=1S/C16H22O9S/c1-9(6-8-12(17)18)5-7-11-10(2)13(19)15(23-3)16(24-4)14(11)25-26(20,21)22/h5,19H,6-8H2,1-4H3,(H,17,18)(H,20,21,22). The number of ether oxygens (including phenoxy) is 2. The van der Waals surface area contributed by atoms with E-state index in [1.54, 1.807) is 13.0 Å².